The number of amides is 1. The molecule has 0 radical (unpaired) electrons. The third-order valence-corrected chi connectivity index (χ3v) is 3.16. The molecule has 0 aliphatic carbocycles. The molecule has 0 saturated carbocycles. The second kappa shape index (κ2) is 7.75. The van der Waals surface area contributed by atoms with E-state index in [1.807, 2.05) is 17.8 Å². The van der Waals surface area contributed by atoms with E-state index >= 15 is 0 Å². The van der Waals surface area contributed by atoms with E-state index in [2.05, 4.69) is 12.2 Å². The molecule has 0 aliphatic rings. The van der Waals surface area contributed by atoms with Crippen molar-refractivity contribution in [2.75, 3.05) is 16.8 Å². The number of thioether (sulfide) groups is 1. The number of hydrogen-bond donors (Lipinski definition) is 1. The van der Waals surface area contributed by atoms with Crippen LogP contribution in [0.25, 0.3) is 0 Å². The van der Waals surface area contributed by atoms with Gasteiger partial charge in [0.05, 0.1) is 11.6 Å². The molecule has 1 aromatic rings. The van der Waals surface area contributed by atoms with Gasteiger partial charge in [-0.2, -0.15) is 17.0 Å². The Bertz CT molecular complexity index is 412. The second-order valence-corrected chi connectivity index (χ2v) is 4.94. The maximum atomic E-state index is 11.6. The maximum Gasteiger partial charge on any atom is 0.224 e. The summed E-state index contributed by atoms with van der Waals surface area (Å²) in [6.45, 7) is 2.11. The highest BCUT2D eigenvalue weighted by Gasteiger charge is 2.02. The maximum absolute atomic E-state index is 11.6. The number of nitriles is 1. The molecule has 1 N–H and O–H groups in total. The summed E-state index contributed by atoms with van der Waals surface area (Å²) in [7, 11) is 0. The number of carbonyl (C=O) groups excluding carboxylic acids is 1. The quantitative estimate of drug-likeness (QED) is 0.787. The molecular formula is C13H16N2OS. The highest BCUT2D eigenvalue weighted by molar-refractivity contribution is 7.99. The van der Waals surface area contributed by atoms with Crippen LogP contribution in [0.5, 0.6) is 0 Å². The lowest BCUT2D eigenvalue weighted by Crippen LogP contribution is -2.11. The van der Waals surface area contributed by atoms with Crippen molar-refractivity contribution in [3.63, 3.8) is 0 Å². The number of nitrogens with one attached hydrogen (secondary N) is 1. The van der Waals surface area contributed by atoms with Crippen LogP contribution in [-0.4, -0.2) is 17.4 Å². The molecule has 17 heavy (non-hydrogen) atoms. The molecule has 1 amide bonds. The number of anilines is 1. The molecule has 0 spiro atoms. The van der Waals surface area contributed by atoms with E-state index in [-0.39, 0.29) is 5.91 Å². The largest absolute Gasteiger partial charge is 0.326 e. The molecule has 0 bridgehead atoms. The number of hydrogen-bond acceptors (Lipinski definition) is 3. The summed E-state index contributed by atoms with van der Waals surface area (Å²) in [5.74, 6) is 2.12. The third-order valence-electron chi connectivity index (χ3n) is 2.17. The van der Waals surface area contributed by atoms with Gasteiger partial charge < -0.3 is 5.32 Å². The van der Waals surface area contributed by atoms with Crippen molar-refractivity contribution in [2.45, 2.75) is 19.8 Å². The van der Waals surface area contributed by atoms with E-state index < -0.39 is 0 Å². The van der Waals surface area contributed by atoms with Gasteiger partial charge in [-0.3, -0.25) is 4.79 Å². The molecule has 0 fully saturated rings. The Labute approximate surface area is 106 Å². The predicted octanol–water partition coefficient (Wildman–Crippen LogP) is 3.03. The normalized spacial score (nSPS) is 9.65. The summed E-state index contributed by atoms with van der Waals surface area (Å²) in [6, 6.07) is 9.00. The van der Waals surface area contributed by atoms with Crippen molar-refractivity contribution in [3.8, 4) is 6.07 Å². The zero-order valence-corrected chi connectivity index (χ0v) is 10.7. The molecule has 0 saturated heterocycles. The molecule has 0 unspecified atom stereocenters. The highest BCUT2D eigenvalue weighted by Crippen LogP contribution is 2.11. The lowest BCUT2D eigenvalue weighted by atomic mass is 10.2. The first-order chi connectivity index (χ1) is 8.26. The molecule has 1 aromatic carbocycles. The Kier molecular flexibility index (Phi) is 6.19. The summed E-state index contributed by atoms with van der Waals surface area (Å²) in [6.07, 6.45) is 1.42. The van der Waals surface area contributed by atoms with E-state index in [9.17, 15) is 4.79 Å². The van der Waals surface area contributed by atoms with Gasteiger partial charge in [0.2, 0.25) is 5.91 Å². The summed E-state index contributed by atoms with van der Waals surface area (Å²) in [5, 5.41) is 11.5. The minimum absolute atomic E-state index is 0.0109. The van der Waals surface area contributed by atoms with Crippen LogP contribution < -0.4 is 5.32 Å². The van der Waals surface area contributed by atoms with E-state index in [0.29, 0.717) is 17.7 Å². The van der Waals surface area contributed by atoms with E-state index in [4.69, 9.17) is 5.26 Å². The van der Waals surface area contributed by atoms with Gasteiger partial charge in [-0.25, -0.2) is 0 Å². The predicted molar refractivity (Wildman–Crippen MR) is 72.0 cm³/mol. The van der Waals surface area contributed by atoms with Crippen molar-refractivity contribution in [1.82, 2.24) is 0 Å². The first-order valence-corrected chi connectivity index (χ1v) is 6.79. The molecular weight excluding hydrogens is 232 g/mol. The van der Waals surface area contributed by atoms with Crippen LogP contribution >= 0.6 is 11.8 Å². The second-order valence-electron chi connectivity index (χ2n) is 3.54. The fourth-order valence-corrected chi connectivity index (χ4v) is 2.01. The lowest BCUT2D eigenvalue weighted by Gasteiger charge is -2.05. The van der Waals surface area contributed by atoms with Crippen molar-refractivity contribution in [3.05, 3.63) is 29.8 Å². The highest BCUT2D eigenvalue weighted by atomic mass is 32.2. The summed E-state index contributed by atoms with van der Waals surface area (Å²) in [4.78, 5) is 11.6. The molecule has 0 atom stereocenters. The first kappa shape index (κ1) is 13.6. The topological polar surface area (TPSA) is 52.9 Å². The van der Waals surface area contributed by atoms with Gasteiger partial charge in [-0.15, -0.1) is 0 Å². The minimum atomic E-state index is 0.0109. The third kappa shape index (κ3) is 5.41. The molecule has 1 rings (SSSR count). The van der Waals surface area contributed by atoms with Crippen LogP contribution in [0.2, 0.25) is 0 Å². The summed E-state index contributed by atoms with van der Waals surface area (Å²) < 4.78 is 0. The first-order valence-electron chi connectivity index (χ1n) is 5.64. The van der Waals surface area contributed by atoms with Gasteiger partial charge in [-0.1, -0.05) is 13.0 Å². The molecule has 3 nitrogen and oxygen atoms in total. The van der Waals surface area contributed by atoms with Gasteiger partial charge >= 0.3 is 0 Å². The molecule has 0 heterocycles. The fraction of sp³-hybridized carbons (Fsp3) is 0.385. The average molecular weight is 248 g/mol. The Morgan fingerprint density at radius 2 is 2.35 bits per heavy atom. The van der Waals surface area contributed by atoms with Crippen LogP contribution in [0.3, 0.4) is 0 Å². The van der Waals surface area contributed by atoms with Crippen molar-refractivity contribution in [2.24, 2.45) is 0 Å². The van der Waals surface area contributed by atoms with Crippen LogP contribution in [-0.2, 0) is 4.79 Å². The summed E-state index contributed by atoms with van der Waals surface area (Å²) in [5.41, 5.74) is 1.25. The van der Waals surface area contributed by atoms with Crippen LogP contribution in [0.4, 0.5) is 5.69 Å². The van der Waals surface area contributed by atoms with E-state index in [0.717, 1.165) is 17.9 Å². The Balaban J connectivity index is 2.37. The van der Waals surface area contributed by atoms with Gasteiger partial charge in [0, 0.05) is 12.1 Å². The Morgan fingerprint density at radius 3 is 3.06 bits per heavy atom. The number of carbonyl (C=O) groups is 1. The standard InChI is InChI=1S/C13H16N2OS/c1-2-17-8-4-7-13(16)15-12-6-3-5-11(9-12)10-14/h3,5-6,9H,2,4,7-8H2,1H3,(H,15,16). The summed E-state index contributed by atoms with van der Waals surface area (Å²) >= 11 is 1.84. The van der Waals surface area contributed by atoms with Crippen molar-refractivity contribution >= 4 is 23.4 Å². The number of nitrogens with zero attached hydrogens (tertiary/aromatic N) is 1. The van der Waals surface area contributed by atoms with E-state index in [1.165, 1.54) is 0 Å². The fourth-order valence-electron chi connectivity index (χ4n) is 1.37. The monoisotopic (exact) mass is 248 g/mol. The number of rotatable bonds is 6. The average Bonchev–Trinajstić information content (AvgIpc) is 2.35. The Morgan fingerprint density at radius 1 is 1.53 bits per heavy atom. The Hall–Kier alpha value is -1.47. The zero-order chi connectivity index (χ0) is 12.5. The van der Waals surface area contributed by atoms with E-state index in [1.54, 1.807) is 24.3 Å². The molecule has 0 aliphatic heterocycles. The SMILES string of the molecule is CCSCCCC(=O)Nc1cccc(C#N)c1. The van der Waals surface area contributed by atoms with Gasteiger partial charge in [-0.05, 0) is 36.1 Å². The smallest absolute Gasteiger partial charge is 0.224 e. The zero-order valence-electron chi connectivity index (χ0n) is 9.90. The molecule has 4 heteroatoms. The van der Waals surface area contributed by atoms with Gasteiger partial charge in [0.1, 0.15) is 0 Å². The van der Waals surface area contributed by atoms with Gasteiger partial charge in [0.15, 0.2) is 0 Å². The van der Waals surface area contributed by atoms with Crippen LogP contribution in [0.15, 0.2) is 24.3 Å². The molecule has 0 aromatic heterocycles. The van der Waals surface area contributed by atoms with Gasteiger partial charge in [0.25, 0.3) is 0 Å². The molecule has 90 valence electrons. The lowest BCUT2D eigenvalue weighted by molar-refractivity contribution is -0.116. The van der Waals surface area contributed by atoms with Crippen molar-refractivity contribution in [1.29, 1.82) is 5.26 Å². The number of benzene rings is 1. The minimum Gasteiger partial charge on any atom is -0.326 e. The van der Waals surface area contributed by atoms with Crippen molar-refractivity contribution < 1.29 is 4.79 Å². The van der Waals surface area contributed by atoms with Crippen LogP contribution in [0.1, 0.15) is 25.3 Å². The van der Waals surface area contributed by atoms with Crippen LogP contribution in [0, 0.1) is 11.3 Å².